The molecule has 0 saturated heterocycles. The van der Waals surface area contributed by atoms with E-state index in [4.69, 9.17) is 5.11 Å². The molecular formula is C12H12F3NO3. The molecule has 7 heteroatoms. The topological polar surface area (TPSA) is 66.4 Å². The van der Waals surface area contributed by atoms with Crippen molar-refractivity contribution in [3.05, 3.63) is 29.6 Å². The van der Waals surface area contributed by atoms with E-state index >= 15 is 0 Å². The van der Waals surface area contributed by atoms with Gasteiger partial charge in [-0.15, -0.1) is 0 Å². The quantitative estimate of drug-likeness (QED) is 0.619. The van der Waals surface area contributed by atoms with Crippen molar-refractivity contribution in [3.8, 4) is 0 Å². The van der Waals surface area contributed by atoms with Crippen molar-refractivity contribution in [2.24, 2.45) is 0 Å². The number of amides is 1. The first-order valence-electron chi connectivity index (χ1n) is 5.56. The standard InChI is InChI=1S/C12H12F3NO3/c13-7-5-8(14)12(15)9(6-7)16-10(17)3-1-2-4-11(18)19/h5-6H,1-4H2,(H,16,17)(H,18,19). The molecule has 19 heavy (non-hydrogen) atoms. The van der Waals surface area contributed by atoms with E-state index in [2.05, 4.69) is 0 Å². The van der Waals surface area contributed by atoms with E-state index in [1.807, 2.05) is 5.32 Å². The molecule has 0 atom stereocenters. The van der Waals surface area contributed by atoms with Crippen molar-refractivity contribution in [2.75, 3.05) is 5.32 Å². The molecule has 0 aliphatic rings. The fourth-order valence-corrected chi connectivity index (χ4v) is 1.42. The van der Waals surface area contributed by atoms with Crippen molar-refractivity contribution in [3.63, 3.8) is 0 Å². The van der Waals surface area contributed by atoms with Gasteiger partial charge in [-0.1, -0.05) is 0 Å². The van der Waals surface area contributed by atoms with Gasteiger partial charge in [-0.2, -0.15) is 0 Å². The van der Waals surface area contributed by atoms with Crippen LogP contribution in [0.25, 0.3) is 0 Å². The Labute approximate surface area is 107 Å². The van der Waals surface area contributed by atoms with Gasteiger partial charge in [-0.3, -0.25) is 9.59 Å². The molecule has 0 aliphatic carbocycles. The molecule has 104 valence electrons. The Bertz CT molecular complexity index is 491. The van der Waals surface area contributed by atoms with Gasteiger partial charge in [0.25, 0.3) is 0 Å². The van der Waals surface area contributed by atoms with E-state index in [0.29, 0.717) is 18.6 Å². The zero-order chi connectivity index (χ0) is 14.4. The molecule has 0 radical (unpaired) electrons. The zero-order valence-electron chi connectivity index (χ0n) is 9.88. The molecule has 1 aromatic rings. The first kappa shape index (κ1) is 15.0. The highest BCUT2D eigenvalue weighted by molar-refractivity contribution is 5.90. The highest BCUT2D eigenvalue weighted by Gasteiger charge is 2.13. The van der Waals surface area contributed by atoms with Crippen LogP contribution in [0, 0.1) is 17.5 Å². The number of carboxylic acids is 1. The first-order valence-corrected chi connectivity index (χ1v) is 5.56. The van der Waals surface area contributed by atoms with Gasteiger partial charge in [0.15, 0.2) is 11.6 Å². The maximum Gasteiger partial charge on any atom is 0.303 e. The Morgan fingerprint density at radius 2 is 1.74 bits per heavy atom. The number of anilines is 1. The summed E-state index contributed by atoms with van der Waals surface area (Å²) >= 11 is 0. The molecular weight excluding hydrogens is 263 g/mol. The van der Waals surface area contributed by atoms with Crippen LogP contribution >= 0.6 is 0 Å². The highest BCUT2D eigenvalue weighted by Crippen LogP contribution is 2.19. The summed E-state index contributed by atoms with van der Waals surface area (Å²) in [7, 11) is 0. The maximum absolute atomic E-state index is 13.2. The number of rotatable bonds is 6. The fraction of sp³-hybridized carbons (Fsp3) is 0.333. The van der Waals surface area contributed by atoms with E-state index in [-0.39, 0.29) is 19.3 Å². The number of benzene rings is 1. The van der Waals surface area contributed by atoms with E-state index in [0.717, 1.165) is 0 Å². The smallest absolute Gasteiger partial charge is 0.303 e. The van der Waals surface area contributed by atoms with Crippen LogP contribution in [0.5, 0.6) is 0 Å². The number of aliphatic carboxylic acids is 1. The predicted octanol–water partition coefficient (Wildman–Crippen LogP) is 2.69. The second-order valence-electron chi connectivity index (χ2n) is 3.90. The molecule has 4 nitrogen and oxygen atoms in total. The van der Waals surface area contributed by atoms with Gasteiger partial charge in [0.2, 0.25) is 5.91 Å². The summed E-state index contributed by atoms with van der Waals surface area (Å²) in [6.45, 7) is 0. The van der Waals surface area contributed by atoms with Crippen molar-refractivity contribution in [1.29, 1.82) is 0 Å². The lowest BCUT2D eigenvalue weighted by Gasteiger charge is -2.07. The summed E-state index contributed by atoms with van der Waals surface area (Å²) in [6.07, 6.45) is 0.460. The number of carbonyl (C=O) groups excluding carboxylic acids is 1. The molecule has 0 unspecified atom stereocenters. The third kappa shape index (κ3) is 4.99. The van der Waals surface area contributed by atoms with E-state index in [1.54, 1.807) is 0 Å². The van der Waals surface area contributed by atoms with Crippen LogP contribution in [0.15, 0.2) is 12.1 Å². The Kier molecular flexibility index (Phi) is 5.35. The molecule has 1 rings (SSSR count). The summed E-state index contributed by atoms with van der Waals surface area (Å²) in [5.74, 6) is -5.32. The number of unbranched alkanes of at least 4 members (excludes halogenated alkanes) is 1. The number of hydrogen-bond donors (Lipinski definition) is 2. The summed E-state index contributed by atoms with van der Waals surface area (Å²) in [5.41, 5.74) is -0.569. The van der Waals surface area contributed by atoms with Crippen molar-refractivity contribution in [1.82, 2.24) is 0 Å². The van der Waals surface area contributed by atoms with Gasteiger partial charge in [0, 0.05) is 25.0 Å². The maximum atomic E-state index is 13.2. The minimum Gasteiger partial charge on any atom is -0.481 e. The zero-order valence-corrected chi connectivity index (χ0v) is 9.88. The molecule has 0 spiro atoms. The molecule has 0 fully saturated rings. The van der Waals surface area contributed by atoms with Crippen LogP contribution in [-0.2, 0) is 9.59 Å². The Hall–Kier alpha value is -2.05. The minimum atomic E-state index is -1.39. The van der Waals surface area contributed by atoms with E-state index in [9.17, 15) is 22.8 Å². The molecule has 1 aromatic carbocycles. The van der Waals surface area contributed by atoms with Crippen molar-refractivity contribution in [2.45, 2.75) is 25.7 Å². The minimum absolute atomic E-state index is 0.0507. The van der Waals surface area contributed by atoms with E-state index < -0.39 is 35.0 Å². The molecule has 0 saturated carbocycles. The van der Waals surface area contributed by atoms with Gasteiger partial charge >= 0.3 is 5.97 Å². The largest absolute Gasteiger partial charge is 0.481 e. The van der Waals surface area contributed by atoms with Crippen LogP contribution in [0.4, 0.5) is 18.9 Å². The summed E-state index contributed by atoms with van der Waals surface area (Å²) in [6, 6.07) is 1.05. The third-order valence-corrected chi connectivity index (χ3v) is 2.31. The van der Waals surface area contributed by atoms with Crippen LogP contribution in [0.1, 0.15) is 25.7 Å². The number of carbonyl (C=O) groups is 2. The summed E-state index contributed by atoms with van der Waals surface area (Å²) in [4.78, 5) is 21.6. The third-order valence-electron chi connectivity index (χ3n) is 2.31. The molecule has 0 aliphatic heterocycles. The van der Waals surface area contributed by atoms with Crippen LogP contribution in [0.2, 0.25) is 0 Å². The lowest BCUT2D eigenvalue weighted by atomic mass is 10.2. The van der Waals surface area contributed by atoms with Gasteiger partial charge < -0.3 is 10.4 Å². The van der Waals surface area contributed by atoms with E-state index in [1.165, 1.54) is 0 Å². The molecule has 0 aromatic heterocycles. The second kappa shape index (κ2) is 6.77. The second-order valence-corrected chi connectivity index (χ2v) is 3.90. The average Bonchev–Trinajstić information content (AvgIpc) is 2.31. The summed E-state index contributed by atoms with van der Waals surface area (Å²) < 4.78 is 38.9. The number of nitrogens with one attached hydrogen (secondary N) is 1. The van der Waals surface area contributed by atoms with Crippen molar-refractivity contribution >= 4 is 17.6 Å². The van der Waals surface area contributed by atoms with Crippen LogP contribution < -0.4 is 5.32 Å². The summed E-state index contributed by atoms with van der Waals surface area (Å²) in [5, 5.41) is 10.4. The fourth-order valence-electron chi connectivity index (χ4n) is 1.42. The normalized spacial score (nSPS) is 10.3. The number of carboxylic acid groups (broad SMARTS) is 1. The van der Waals surface area contributed by atoms with Gasteiger partial charge in [0.05, 0.1) is 5.69 Å². The average molecular weight is 275 g/mol. The molecule has 1 amide bonds. The number of halogens is 3. The highest BCUT2D eigenvalue weighted by atomic mass is 19.2. The first-order chi connectivity index (χ1) is 8.90. The van der Waals surface area contributed by atoms with Gasteiger partial charge in [-0.05, 0) is 12.8 Å². The van der Waals surface area contributed by atoms with Gasteiger partial charge in [0.1, 0.15) is 5.82 Å². The lowest BCUT2D eigenvalue weighted by Crippen LogP contribution is -2.13. The predicted molar refractivity (Wildman–Crippen MR) is 61.0 cm³/mol. The lowest BCUT2D eigenvalue weighted by molar-refractivity contribution is -0.137. The van der Waals surface area contributed by atoms with Gasteiger partial charge in [-0.25, -0.2) is 13.2 Å². The Morgan fingerprint density at radius 1 is 1.11 bits per heavy atom. The molecule has 0 bridgehead atoms. The molecule has 0 heterocycles. The number of hydrogen-bond acceptors (Lipinski definition) is 2. The van der Waals surface area contributed by atoms with Crippen LogP contribution in [0.3, 0.4) is 0 Å². The van der Waals surface area contributed by atoms with Crippen LogP contribution in [-0.4, -0.2) is 17.0 Å². The Morgan fingerprint density at radius 3 is 2.37 bits per heavy atom. The monoisotopic (exact) mass is 275 g/mol. The Balaban J connectivity index is 2.51. The van der Waals surface area contributed by atoms with Crippen molar-refractivity contribution < 1.29 is 27.9 Å². The SMILES string of the molecule is O=C(O)CCCCC(=O)Nc1cc(F)cc(F)c1F. The molecule has 2 N–H and O–H groups in total.